The molecular weight excluding hydrogens is 528 g/mol. The Morgan fingerprint density at radius 3 is 2.17 bits per heavy atom. The van der Waals surface area contributed by atoms with E-state index in [2.05, 4.69) is 29.6 Å². The third-order valence-corrected chi connectivity index (χ3v) is 7.74. The molecule has 1 amide bonds. The molecule has 204 valence electrons. The van der Waals surface area contributed by atoms with Crippen molar-refractivity contribution in [2.24, 2.45) is 0 Å². The number of carbonyl (C=O) groups is 2. The monoisotopic (exact) mass is 552 g/mol. The third kappa shape index (κ3) is 4.28. The van der Waals surface area contributed by atoms with Crippen LogP contribution in [0.2, 0.25) is 0 Å². The lowest BCUT2D eigenvalue weighted by molar-refractivity contribution is 0.0697. The van der Waals surface area contributed by atoms with Gasteiger partial charge in [-0.25, -0.2) is 9.59 Å². The molecule has 0 saturated heterocycles. The number of amides is 1. The van der Waals surface area contributed by atoms with Crippen LogP contribution in [-0.4, -0.2) is 23.8 Å². The van der Waals surface area contributed by atoms with Crippen LogP contribution in [-0.2, 0) is 4.74 Å². The van der Waals surface area contributed by atoms with E-state index in [4.69, 9.17) is 14.6 Å². The van der Waals surface area contributed by atoms with Gasteiger partial charge in [-0.05, 0) is 58.1 Å². The molecule has 0 spiro atoms. The van der Waals surface area contributed by atoms with Crippen LogP contribution in [0.4, 0.5) is 10.5 Å². The first kappa shape index (κ1) is 25.3. The molecule has 3 N–H and O–H groups in total. The molecule has 0 saturated carbocycles. The van der Waals surface area contributed by atoms with Crippen LogP contribution >= 0.6 is 0 Å². The molecule has 3 aliphatic rings. The quantitative estimate of drug-likeness (QED) is 0.189. The molecule has 1 heterocycles. The molecule has 7 heteroatoms. The van der Waals surface area contributed by atoms with Crippen LogP contribution < -0.4 is 10.7 Å². The summed E-state index contributed by atoms with van der Waals surface area (Å²) in [6.45, 7) is 0.185. The Balaban J connectivity index is 1.21. The Morgan fingerprint density at radius 2 is 1.45 bits per heavy atom. The number of benzene rings is 5. The number of aromatic carboxylic acids is 1. The standard InChI is InChI=1S/C35H24N2O5/c36-20-13-15-28-31(17-20)42-32-18-21(14-16-29(32)33(28)26-11-5-6-12-27(26)34(38)39)37-35(40)41-19-30-24-9-3-1-7-22(24)23-8-2-4-10-25(23)30/h1-18,30,36H,19H2,(H,37,40)(H,38,39). The first-order valence-corrected chi connectivity index (χ1v) is 13.5. The van der Waals surface area contributed by atoms with Gasteiger partial charge in [-0.3, -0.25) is 5.32 Å². The lowest BCUT2D eigenvalue weighted by Crippen LogP contribution is -2.17. The first-order chi connectivity index (χ1) is 20.5. The number of fused-ring (bicyclic) bond motifs is 5. The lowest BCUT2D eigenvalue weighted by atomic mass is 9.91. The number of ether oxygens (including phenoxy) is 1. The highest BCUT2D eigenvalue weighted by atomic mass is 16.5. The summed E-state index contributed by atoms with van der Waals surface area (Å²) in [5, 5.41) is 21.7. The first-order valence-electron chi connectivity index (χ1n) is 13.5. The largest absolute Gasteiger partial charge is 0.478 e. The summed E-state index contributed by atoms with van der Waals surface area (Å²) in [6.07, 6.45) is -0.595. The van der Waals surface area contributed by atoms with Crippen LogP contribution in [0.25, 0.3) is 44.5 Å². The molecule has 1 aliphatic heterocycles. The van der Waals surface area contributed by atoms with E-state index in [-0.39, 0.29) is 23.4 Å². The van der Waals surface area contributed by atoms with Crippen molar-refractivity contribution in [1.29, 1.82) is 5.41 Å². The van der Waals surface area contributed by atoms with Crippen molar-refractivity contribution in [2.75, 3.05) is 11.9 Å². The van der Waals surface area contributed by atoms with E-state index in [1.807, 2.05) is 24.3 Å². The zero-order valence-electron chi connectivity index (χ0n) is 22.3. The van der Waals surface area contributed by atoms with Crippen molar-refractivity contribution in [3.8, 4) is 33.6 Å². The van der Waals surface area contributed by atoms with Crippen LogP contribution in [0.5, 0.6) is 0 Å². The molecule has 7 nitrogen and oxygen atoms in total. The maximum Gasteiger partial charge on any atom is 0.411 e. The molecular formula is C35H24N2O5. The van der Waals surface area contributed by atoms with Crippen molar-refractivity contribution in [3.05, 3.63) is 131 Å². The van der Waals surface area contributed by atoms with Gasteiger partial charge in [-0.1, -0.05) is 66.7 Å². The SMILES string of the molecule is N=c1ccc2c(-c3ccccc3C(=O)O)c3ccc(NC(=O)OCC4c5ccccc5-c5ccccc54)cc3oc-2c1. The highest BCUT2D eigenvalue weighted by Gasteiger charge is 2.29. The molecule has 0 bridgehead atoms. The van der Waals surface area contributed by atoms with Crippen LogP contribution in [0.1, 0.15) is 27.4 Å². The second kappa shape index (κ2) is 10.1. The fourth-order valence-corrected chi connectivity index (χ4v) is 5.90. The average Bonchev–Trinajstić information content (AvgIpc) is 3.32. The van der Waals surface area contributed by atoms with Gasteiger partial charge in [-0.15, -0.1) is 0 Å². The predicted molar refractivity (Wildman–Crippen MR) is 160 cm³/mol. The second-order valence-electron chi connectivity index (χ2n) is 10.2. The van der Waals surface area contributed by atoms with E-state index in [0.29, 0.717) is 39.1 Å². The van der Waals surface area contributed by atoms with Gasteiger partial charge in [-0.2, -0.15) is 0 Å². The van der Waals surface area contributed by atoms with E-state index in [9.17, 15) is 14.7 Å². The van der Waals surface area contributed by atoms with Gasteiger partial charge < -0.3 is 19.7 Å². The molecule has 0 radical (unpaired) electrons. The summed E-state index contributed by atoms with van der Waals surface area (Å²) in [4.78, 5) is 25.0. The normalized spacial score (nSPS) is 12.2. The van der Waals surface area contributed by atoms with Gasteiger partial charge in [0.25, 0.3) is 0 Å². The van der Waals surface area contributed by atoms with Crippen LogP contribution in [0.15, 0.2) is 114 Å². The van der Waals surface area contributed by atoms with Gasteiger partial charge >= 0.3 is 12.1 Å². The summed E-state index contributed by atoms with van der Waals surface area (Å²) in [6, 6.07) is 33.3. The van der Waals surface area contributed by atoms with Gasteiger partial charge in [0, 0.05) is 40.3 Å². The fraction of sp³-hybridized carbons (Fsp3) is 0.0571. The Hall–Kier alpha value is -5.69. The topological polar surface area (TPSA) is 113 Å². The molecule has 0 unspecified atom stereocenters. The number of hydrogen-bond donors (Lipinski definition) is 3. The van der Waals surface area contributed by atoms with Gasteiger partial charge in [0.15, 0.2) is 0 Å². The predicted octanol–water partition coefficient (Wildman–Crippen LogP) is 7.74. The van der Waals surface area contributed by atoms with E-state index in [0.717, 1.165) is 22.3 Å². The van der Waals surface area contributed by atoms with Crippen molar-refractivity contribution in [2.45, 2.75) is 5.92 Å². The Labute approximate surface area is 240 Å². The molecule has 0 fully saturated rings. The number of carbonyl (C=O) groups excluding carboxylic acids is 1. The maximum absolute atomic E-state index is 12.9. The number of carboxylic acid groups (broad SMARTS) is 1. The zero-order valence-corrected chi connectivity index (χ0v) is 22.3. The summed E-state index contributed by atoms with van der Waals surface area (Å²) < 4.78 is 11.9. The van der Waals surface area contributed by atoms with E-state index < -0.39 is 12.1 Å². The van der Waals surface area contributed by atoms with Gasteiger partial charge in [0.05, 0.1) is 10.9 Å². The molecule has 2 aliphatic carbocycles. The molecule has 42 heavy (non-hydrogen) atoms. The molecule has 4 aromatic carbocycles. The lowest BCUT2D eigenvalue weighted by Gasteiger charge is -2.17. The molecule has 4 aromatic rings. The van der Waals surface area contributed by atoms with Gasteiger partial charge in [0.1, 0.15) is 18.0 Å². The molecule has 7 rings (SSSR count). The smallest absolute Gasteiger partial charge is 0.411 e. The molecule has 0 atom stereocenters. The number of rotatable bonds is 5. The van der Waals surface area contributed by atoms with Crippen LogP contribution in [0.3, 0.4) is 0 Å². The number of hydrogen-bond acceptors (Lipinski definition) is 5. The van der Waals surface area contributed by atoms with Crippen molar-refractivity contribution < 1.29 is 23.8 Å². The Morgan fingerprint density at radius 1 is 0.786 bits per heavy atom. The maximum atomic E-state index is 12.9. The van der Waals surface area contributed by atoms with Crippen molar-refractivity contribution in [1.82, 2.24) is 0 Å². The Kier molecular flexibility index (Phi) is 6.05. The average molecular weight is 553 g/mol. The summed E-state index contributed by atoms with van der Waals surface area (Å²) in [5.74, 6) is -0.668. The highest BCUT2D eigenvalue weighted by molar-refractivity contribution is 6.08. The summed E-state index contributed by atoms with van der Waals surface area (Å²) in [7, 11) is 0. The second-order valence-corrected chi connectivity index (χ2v) is 10.2. The zero-order chi connectivity index (χ0) is 28.8. The van der Waals surface area contributed by atoms with E-state index >= 15 is 0 Å². The Bertz CT molecular complexity index is 2020. The highest BCUT2D eigenvalue weighted by Crippen LogP contribution is 2.45. The minimum atomic E-state index is -1.04. The van der Waals surface area contributed by atoms with Crippen LogP contribution in [0, 0.1) is 5.41 Å². The minimum Gasteiger partial charge on any atom is -0.478 e. The fourth-order valence-electron chi connectivity index (χ4n) is 5.90. The molecule has 0 aromatic heterocycles. The van der Waals surface area contributed by atoms with Crippen molar-refractivity contribution in [3.63, 3.8) is 0 Å². The number of anilines is 1. The van der Waals surface area contributed by atoms with E-state index in [1.165, 1.54) is 0 Å². The summed E-state index contributed by atoms with van der Waals surface area (Å²) in [5.41, 5.74) is 7.51. The van der Waals surface area contributed by atoms with Crippen molar-refractivity contribution >= 4 is 28.7 Å². The van der Waals surface area contributed by atoms with E-state index in [1.54, 1.807) is 60.7 Å². The number of nitrogens with one attached hydrogen (secondary N) is 2. The third-order valence-electron chi connectivity index (χ3n) is 7.74. The van der Waals surface area contributed by atoms with Gasteiger partial charge in [0.2, 0.25) is 0 Å². The summed E-state index contributed by atoms with van der Waals surface area (Å²) >= 11 is 0. The number of carboxylic acids is 1. The minimum absolute atomic E-state index is 0.0583.